The number of methoxy groups -OCH3 is 1. The van der Waals surface area contributed by atoms with E-state index in [0.717, 1.165) is 11.3 Å². The Morgan fingerprint density at radius 3 is 2.32 bits per heavy atom. The third kappa shape index (κ3) is 4.09. The van der Waals surface area contributed by atoms with Crippen LogP contribution in [0.4, 0.5) is 0 Å². The minimum absolute atomic E-state index is 0.166. The van der Waals surface area contributed by atoms with Gasteiger partial charge in [0.1, 0.15) is 5.75 Å². The summed E-state index contributed by atoms with van der Waals surface area (Å²) in [7, 11) is 1.66. The number of rotatable bonds is 6. The Kier molecular flexibility index (Phi) is 4.95. The molecule has 0 heterocycles. The minimum Gasteiger partial charge on any atom is -0.497 e. The highest BCUT2D eigenvalue weighted by Crippen LogP contribution is 2.13. The van der Waals surface area contributed by atoms with Gasteiger partial charge in [-0.25, -0.2) is 0 Å². The molecule has 0 aliphatic heterocycles. The molecule has 2 aromatic carbocycles. The summed E-state index contributed by atoms with van der Waals surface area (Å²) in [5.74, 6) is 0.856. The number of hydroxylamine groups is 1. The van der Waals surface area contributed by atoms with E-state index in [0.29, 0.717) is 6.61 Å². The molecule has 0 aliphatic carbocycles. The highest BCUT2D eigenvalue weighted by atomic mass is 16.6. The van der Waals surface area contributed by atoms with E-state index in [1.807, 2.05) is 42.5 Å². The minimum atomic E-state index is 0.166. The third-order valence-electron chi connectivity index (χ3n) is 2.96. The van der Waals surface area contributed by atoms with Crippen LogP contribution in [0.3, 0.4) is 0 Å². The smallest absolute Gasteiger partial charge is 0.118 e. The topological polar surface area (TPSA) is 30.5 Å². The SMILES string of the molecule is COc1ccc(CON[C@H](C)c2ccccc2)cc1. The molecule has 1 N–H and O–H groups in total. The molecular formula is C16H19NO2. The van der Waals surface area contributed by atoms with Crippen LogP contribution in [0.25, 0.3) is 0 Å². The van der Waals surface area contributed by atoms with Gasteiger partial charge in [-0.3, -0.25) is 4.84 Å². The van der Waals surface area contributed by atoms with Gasteiger partial charge in [-0.2, -0.15) is 5.48 Å². The Balaban J connectivity index is 1.79. The van der Waals surface area contributed by atoms with Crippen LogP contribution in [0, 0.1) is 0 Å². The number of nitrogens with one attached hydrogen (secondary N) is 1. The van der Waals surface area contributed by atoms with Gasteiger partial charge in [-0.05, 0) is 30.2 Å². The van der Waals surface area contributed by atoms with Gasteiger partial charge in [0.15, 0.2) is 0 Å². The second kappa shape index (κ2) is 6.92. The molecule has 0 fully saturated rings. The normalized spacial score (nSPS) is 12.1. The Morgan fingerprint density at radius 2 is 1.68 bits per heavy atom. The second-order valence-electron chi connectivity index (χ2n) is 4.39. The van der Waals surface area contributed by atoms with E-state index in [1.54, 1.807) is 7.11 Å². The van der Waals surface area contributed by atoms with Crippen LogP contribution >= 0.6 is 0 Å². The largest absolute Gasteiger partial charge is 0.497 e. The first kappa shape index (κ1) is 13.6. The van der Waals surface area contributed by atoms with Crippen molar-refractivity contribution < 1.29 is 9.57 Å². The molecule has 1 atom stereocenters. The molecule has 0 saturated carbocycles. The lowest BCUT2D eigenvalue weighted by atomic mass is 10.1. The Morgan fingerprint density at radius 1 is 1.00 bits per heavy atom. The van der Waals surface area contributed by atoms with E-state index in [4.69, 9.17) is 9.57 Å². The van der Waals surface area contributed by atoms with Gasteiger partial charge in [0.25, 0.3) is 0 Å². The average Bonchev–Trinajstić information content (AvgIpc) is 2.49. The van der Waals surface area contributed by atoms with Crippen molar-refractivity contribution in [1.29, 1.82) is 0 Å². The van der Waals surface area contributed by atoms with Crippen molar-refractivity contribution >= 4 is 0 Å². The van der Waals surface area contributed by atoms with E-state index < -0.39 is 0 Å². The number of benzene rings is 2. The van der Waals surface area contributed by atoms with E-state index >= 15 is 0 Å². The molecule has 0 bridgehead atoms. The summed E-state index contributed by atoms with van der Waals surface area (Å²) < 4.78 is 5.11. The van der Waals surface area contributed by atoms with E-state index in [-0.39, 0.29) is 6.04 Å². The molecule has 3 nitrogen and oxygen atoms in total. The molecule has 0 saturated heterocycles. The van der Waals surface area contributed by atoms with E-state index in [2.05, 4.69) is 24.5 Å². The van der Waals surface area contributed by atoms with Crippen molar-refractivity contribution in [3.05, 3.63) is 65.7 Å². The number of ether oxygens (including phenoxy) is 1. The standard InChI is InChI=1S/C16H19NO2/c1-13(15-6-4-3-5-7-15)17-19-12-14-8-10-16(18-2)11-9-14/h3-11,13,17H,12H2,1-2H3/t13-/m1/s1. The molecular weight excluding hydrogens is 238 g/mol. The quantitative estimate of drug-likeness (QED) is 0.804. The Bertz CT molecular complexity index is 482. The molecule has 0 aromatic heterocycles. The van der Waals surface area contributed by atoms with Crippen molar-refractivity contribution in [3.8, 4) is 5.75 Å². The van der Waals surface area contributed by atoms with Crippen LogP contribution in [-0.4, -0.2) is 7.11 Å². The van der Waals surface area contributed by atoms with Crippen LogP contribution in [-0.2, 0) is 11.4 Å². The summed E-state index contributed by atoms with van der Waals surface area (Å²) in [5.41, 5.74) is 5.36. The summed E-state index contributed by atoms with van der Waals surface area (Å²) in [6.45, 7) is 2.60. The van der Waals surface area contributed by atoms with Gasteiger partial charge < -0.3 is 4.74 Å². The molecule has 0 amide bonds. The summed E-state index contributed by atoms with van der Waals surface area (Å²) in [5, 5.41) is 0. The van der Waals surface area contributed by atoms with Gasteiger partial charge in [-0.1, -0.05) is 42.5 Å². The van der Waals surface area contributed by atoms with Crippen LogP contribution in [0.15, 0.2) is 54.6 Å². The number of hydrogen-bond donors (Lipinski definition) is 1. The zero-order valence-electron chi connectivity index (χ0n) is 11.3. The lowest BCUT2D eigenvalue weighted by Crippen LogP contribution is -2.18. The predicted molar refractivity (Wildman–Crippen MR) is 75.8 cm³/mol. The number of hydrogen-bond acceptors (Lipinski definition) is 3. The van der Waals surface area contributed by atoms with Crippen molar-refractivity contribution in [1.82, 2.24) is 5.48 Å². The summed E-state index contributed by atoms with van der Waals surface area (Å²) in [6.07, 6.45) is 0. The van der Waals surface area contributed by atoms with Crippen molar-refractivity contribution in [2.45, 2.75) is 19.6 Å². The monoisotopic (exact) mass is 257 g/mol. The van der Waals surface area contributed by atoms with Gasteiger partial charge in [0, 0.05) is 0 Å². The molecule has 100 valence electrons. The van der Waals surface area contributed by atoms with Crippen molar-refractivity contribution in [2.24, 2.45) is 0 Å². The molecule has 2 rings (SSSR count). The first-order valence-electron chi connectivity index (χ1n) is 6.35. The second-order valence-corrected chi connectivity index (χ2v) is 4.39. The van der Waals surface area contributed by atoms with Crippen molar-refractivity contribution in [3.63, 3.8) is 0 Å². The highest BCUT2D eigenvalue weighted by molar-refractivity contribution is 5.26. The fourth-order valence-corrected chi connectivity index (χ4v) is 1.78. The lowest BCUT2D eigenvalue weighted by molar-refractivity contribution is 0.00697. The Labute approximate surface area is 114 Å². The van der Waals surface area contributed by atoms with Crippen LogP contribution in [0.1, 0.15) is 24.1 Å². The summed E-state index contributed by atoms with van der Waals surface area (Å²) in [4.78, 5) is 5.52. The molecule has 0 aliphatic rings. The van der Waals surface area contributed by atoms with Gasteiger partial charge in [0.2, 0.25) is 0 Å². The Hall–Kier alpha value is -1.84. The van der Waals surface area contributed by atoms with Crippen LogP contribution < -0.4 is 10.2 Å². The molecule has 0 radical (unpaired) electrons. The zero-order chi connectivity index (χ0) is 13.5. The summed E-state index contributed by atoms with van der Waals surface area (Å²) >= 11 is 0. The van der Waals surface area contributed by atoms with E-state index in [9.17, 15) is 0 Å². The maximum atomic E-state index is 5.52. The maximum Gasteiger partial charge on any atom is 0.118 e. The highest BCUT2D eigenvalue weighted by Gasteiger charge is 2.03. The lowest BCUT2D eigenvalue weighted by Gasteiger charge is -2.14. The van der Waals surface area contributed by atoms with Gasteiger partial charge in [0.05, 0.1) is 19.8 Å². The van der Waals surface area contributed by atoms with E-state index in [1.165, 1.54) is 5.56 Å². The van der Waals surface area contributed by atoms with Gasteiger partial charge in [-0.15, -0.1) is 0 Å². The van der Waals surface area contributed by atoms with Crippen LogP contribution in [0.2, 0.25) is 0 Å². The van der Waals surface area contributed by atoms with Gasteiger partial charge >= 0.3 is 0 Å². The third-order valence-corrected chi connectivity index (χ3v) is 2.96. The first-order valence-corrected chi connectivity index (χ1v) is 6.35. The first-order chi connectivity index (χ1) is 9.29. The van der Waals surface area contributed by atoms with Crippen LogP contribution in [0.5, 0.6) is 5.75 Å². The fraction of sp³-hybridized carbons (Fsp3) is 0.250. The molecule has 0 spiro atoms. The predicted octanol–water partition coefficient (Wildman–Crippen LogP) is 3.48. The van der Waals surface area contributed by atoms with Crippen molar-refractivity contribution in [2.75, 3.05) is 7.11 Å². The molecule has 19 heavy (non-hydrogen) atoms. The molecule has 2 aromatic rings. The maximum absolute atomic E-state index is 5.52. The zero-order valence-corrected chi connectivity index (χ0v) is 11.3. The molecule has 0 unspecified atom stereocenters. The average molecular weight is 257 g/mol. The fourth-order valence-electron chi connectivity index (χ4n) is 1.78. The summed E-state index contributed by atoms with van der Waals surface area (Å²) in [6, 6.07) is 18.2. The molecule has 3 heteroatoms.